The van der Waals surface area contributed by atoms with Crippen molar-refractivity contribution >= 4 is 6.29 Å². The van der Waals surface area contributed by atoms with Gasteiger partial charge in [-0.25, -0.2) is 0 Å². The Morgan fingerprint density at radius 3 is 2.52 bits per heavy atom. The molecule has 0 aromatic heterocycles. The predicted octanol–water partition coefficient (Wildman–Crippen LogP) is 5.71. The fraction of sp³-hybridized carbons (Fsp3) is 0.750. The number of hydrogen-bond acceptors (Lipinski definition) is 1. The summed E-state index contributed by atoms with van der Waals surface area (Å²) in [5.74, 6) is 1.04. The van der Waals surface area contributed by atoms with E-state index in [-0.39, 0.29) is 5.41 Å². The smallest absolute Gasteiger partial charge is 0.126 e. The minimum absolute atomic E-state index is 0.172. The Labute approximate surface area is 130 Å². The van der Waals surface area contributed by atoms with E-state index in [0.717, 1.165) is 19.3 Å². The van der Waals surface area contributed by atoms with Crippen LogP contribution in [0.2, 0.25) is 0 Å². The average molecular weight is 288 g/mol. The Morgan fingerprint density at radius 1 is 1.33 bits per heavy atom. The van der Waals surface area contributed by atoms with Crippen LogP contribution in [0.4, 0.5) is 0 Å². The van der Waals surface area contributed by atoms with Gasteiger partial charge in [0.15, 0.2) is 0 Å². The Hall–Kier alpha value is -0.850. The van der Waals surface area contributed by atoms with Crippen LogP contribution >= 0.6 is 0 Å². The monoisotopic (exact) mass is 288 g/mol. The Bertz CT molecular complexity index is 470. The third kappa shape index (κ3) is 2.89. The van der Waals surface area contributed by atoms with E-state index in [1.807, 2.05) is 0 Å². The molecular formula is C20H32O. The third-order valence-corrected chi connectivity index (χ3v) is 6.13. The van der Waals surface area contributed by atoms with Gasteiger partial charge in [0.1, 0.15) is 6.29 Å². The zero-order valence-corrected chi connectivity index (χ0v) is 14.6. The van der Waals surface area contributed by atoms with Gasteiger partial charge in [0.2, 0.25) is 0 Å². The van der Waals surface area contributed by atoms with Crippen LogP contribution in [0.3, 0.4) is 0 Å². The second-order valence-electron chi connectivity index (χ2n) is 8.33. The summed E-state index contributed by atoms with van der Waals surface area (Å²) in [5, 5.41) is 0. The molecule has 0 amide bonds. The van der Waals surface area contributed by atoms with Gasteiger partial charge < -0.3 is 4.79 Å². The molecule has 2 rings (SSSR count). The van der Waals surface area contributed by atoms with Crippen molar-refractivity contribution in [3.8, 4) is 0 Å². The lowest BCUT2D eigenvalue weighted by molar-refractivity contribution is -0.119. The zero-order valence-electron chi connectivity index (χ0n) is 14.6. The molecule has 1 saturated carbocycles. The number of fused-ring (bicyclic) bond motifs is 1. The molecule has 2 aliphatic carbocycles. The number of rotatable bonds is 5. The first kappa shape index (κ1) is 16.5. The highest BCUT2D eigenvalue weighted by Crippen LogP contribution is 2.60. The molecule has 0 unspecified atom stereocenters. The molecule has 1 heteroatoms. The second-order valence-corrected chi connectivity index (χ2v) is 8.33. The van der Waals surface area contributed by atoms with Gasteiger partial charge in [-0.15, -0.1) is 6.58 Å². The van der Waals surface area contributed by atoms with Gasteiger partial charge in [-0.1, -0.05) is 44.4 Å². The number of allylic oxidation sites excluding steroid dienone is 3. The molecule has 3 atom stereocenters. The number of aldehydes is 1. The highest BCUT2D eigenvalue weighted by atomic mass is 16.1. The largest absolute Gasteiger partial charge is 0.303 e. The van der Waals surface area contributed by atoms with Crippen LogP contribution in [0.15, 0.2) is 23.3 Å². The lowest BCUT2D eigenvalue weighted by atomic mass is 9.56. The van der Waals surface area contributed by atoms with Gasteiger partial charge >= 0.3 is 0 Å². The summed E-state index contributed by atoms with van der Waals surface area (Å²) in [4.78, 5) is 11.9. The molecule has 0 heterocycles. The second kappa shape index (κ2) is 5.74. The summed E-state index contributed by atoms with van der Waals surface area (Å²) in [6, 6.07) is 0. The maximum atomic E-state index is 11.9. The van der Waals surface area contributed by atoms with Crippen molar-refractivity contribution in [3.05, 3.63) is 23.3 Å². The van der Waals surface area contributed by atoms with Crippen molar-refractivity contribution in [2.24, 2.45) is 22.7 Å². The zero-order chi connectivity index (χ0) is 15.8. The van der Waals surface area contributed by atoms with E-state index in [4.69, 9.17) is 0 Å². The first-order valence-electron chi connectivity index (χ1n) is 8.57. The van der Waals surface area contributed by atoms with Crippen LogP contribution in [0.25, 0.3) is 0 Å². The molecule has 21 heavy (non-hydrogen) atoms. The van der Waals surface area contributed by atoms with Gasteiger partial charge in [0.05, 0.1) is 0 Å². The molecule has 0 spiro atoms. The minimum Gasteiger partial charge on any atom is -0.303 e. The number of hydrogen-bond donors (Lipinski definition) is 0. The van der Waals surface area contributed by atoms with Crippen LogP contribution in [-0.4, -0.2) is 6.29 Å². The fourth-order valence-corrected chi connectivity index (χ4v) is 4.63. The van der Waals surface area contributed by atoms with Crippen LogP contribution in [0.5, 0.6) is 0 Å². The fourth-order valence-electron chi connectivity index (χ4n) is 4.63. The lowest BCUT2D eigenvalue weighted by Crippen LogP contribution is -2.41. The highest BCUT2D eigenvalue weighted by molar-refractivity contribution is 5.62. The summed E-state index contributed by atoms with van der Waals surface area (Å²) in [7, 11) is 0. The Morgan fingerprint density at radius 2 is 2.00 bits per heavy atom. The first-order chi connectivity index (χ1) is 9.73. The maximum absolute atomic E-state index is 11.9. The van der Waals surface area contributed by atoms with Gasteiger partial charge in [0, 0.05) is 5.41 Å². The van der Waals surface area contributed by atoms with E-state index in [1.54, 1.807) is 11.1 Å². The summed E-state index contributed by atoms with van der Waals surface area (Å²) in [6.45, 7) is 15.4. The molecule has 0 saturated heterocycles. The van der Waals surface area contributed by atoms with Gasteiger partial charge in [0.25, 0.3) is 0 Å². The third-order valence-electron chi connectivity index (χ3n) is 6.13. The summed E-state index contributed by atoms with van der Waals surface area (Å²) in [6.07, 6.45) is 8.13. The molecule has 0 aromatic rings. The quantitative estimate of drug-likeness (QED) is 0.467. The molecule has 1 nitrogen and oxygen atoms in total. The van der Waals surface area contributed by atoms with E-state index < -0.39 is 0 Å². The molecule has 0 radical (unpaired) electrons. The van der Waals surface area contributed by atoms with Gasteiger partial charge in [-0.05, 0) is 62.7 Å². The molecule has 2 aliphatic rings. The van der Waals surface area contributed by atoms with E-state index >= 15 is 0 Å². The highest BCUT2D eigenvalue weighted by Gasteiger charge is 2.51. The molecule has 0 N–H and O–H groups in total. The van der Waals surface area contributed by atoms with Crippen LogP contribution in [0, 0.1) is 22.7 Å². The van der Waals surface area contributed by atoms with E-state index in [1.165, 1.54) is 31.1 Å². The standard InChI is InChI=1S/C20H32O/c1-14(2)7-8-17-18-16(15(3)4)9-10-19(18,5)11-12-20(17,6)13-21/h13,15,17H,1,7-12H2,2-6H3/t17-,19+,20-/m0/s1. The SMILES string of the molecule is C=C(C)CC[C@H]1C2=C(C(C)C)CC[C@]2(C)CC[C@@]1(C)C=O. The molecule has 0 bridgehead atoms. The molecular weight excluding hydrogens is 256 g/mol. The van der Waals surface area contributed by atoms with Crippen molar-refractivity contribution in [1.29, 1.82) is 0 Å². The van der Waals surface area contributed by atoms with E-state index in [2.05, 4.69) is 41.2 Å². The first-order valence-corrected chi connectivity index (χ1v) is 8.57. The summed E-state index contributed by atoms with van der Waals surface area (Å²) >= 11 is 0. The Balaban J connectivity index is 2.46. The minimum atomic E-state index is -0.172. The molecule has 1 fully saturated rings. The molecule has 0 aromatic carbocycles. The normalized spacial score (nSPS) is 36.0. The van der Waals surface area contributed by atoms with Crippen molar-refractivity contribution < 1.29 is 4.79 Å². The average Bonchev–Trinajstić information content (AvgIpc) is 2.76. The number of carbonyl (C=O) groups is 1. The lowest BCUT2D eigenvalue weighted by Gasteiger charge is -2.48. The van der Waals surface area contributed by atoms with Gasteiger partial charge in [-0.2, -0.15) is 0 Å². The van der Waals surface area contributed by atoms with E-state index in [0.29, 0.717) is 17.3 Å². The summed E-state index contributed by atoms with van der Waals surface area (Å²) < 4.78 is 0. The van der Waals surface area contributed by atoms with Gasteiger partial charge in [-0.3, -0.25) is 0 Å². The van der Waals surface area contributed by atoms with Crippen LogP contribution in [-0.2, 0) is 4.79 Å². The molecule has 0 aliphatic heterocycles. The van der Waals surface area contributed by atoms with Crippen LogP contribution < -0.4 is 0 Å². The topological polar surface area (TPSA) is 17.1 Å². The Kier molecular flexibility index (Phi) is 4.52. The van der Waals surface area contributed by atoms with Crippen molar-refractivity contribution in [1.82, 2.24) is 0 Å². The predicted molar refractivity (Wildman–Crippen MR) is 90.1 cm³/mol. The maximum Gasteiger partial charge on any atom is 0.126 e. The van der Waals surface area contributed by atoms with Crippen LogP contribution in [0.1, 0.15) is 73.1 Å². The summed E-state index contributed by atoms with van der Waals surface area (Å²) in [5.41, 5.74) is 4.72. The van der Waals surface area contributed by atoms with E-state index in [9.17, 15) is 4.79 Å². The number of carbonyl (C=O) groups excluding carboxylic acids is 1. The molecule has 118 valence electrons. The van der Waals surface area contributed by atoms with Crippen molar-refractivity contribution in [2.45, 2.75) is 73.1 Å². The van der Waals surface area contributed by atoms with Crippen molar-refractivity contribution in [3.63, 3.8) is 0 Å². The van der Waals surface area contributed by atoms with Crippen molar-refractivity contribution in [2.75, 3.05) is 0 Å².